The highest BCUT2D eigenvalue weighted by Crippen LogP contribution is 2.42. The summed E-state index contributed by atoms with van der Waals surface area (Å²) in [7, 11) is 0. The van der Waals surface area contributed by atoms with E-state index in [1.807, 2.05) is 19.1 Å². The molecule has 2 unspecified atom stereocenters. The number of aliphatic hydroxyl groups excluding tert-OH is 1. The molecule has 1 aromatic rings. The Balaban J connectivity index is 2.18. The smallest absolute Gasteiger partial charge is 0.0838 e. The zero-order valence-electron chi connectivity index (χ0n) is 10.2. The van der Waals surface area contributed by atoms with Crippen molar-refractivity contribution in [2.75, 3.05) is 0 Å². The van der Waals surface area contributed by atoms with Gasteiger partial charge in [-0.3, -0.25) is 4.98 Å². The standard InChI is InChI=1S/C14H21NO/c1-3-11-6-4-7-13(11)14(16)12-8-5-9-15-10(12)2/h5,8-9,11,13-14,16H,3-4,6-7H2,1-2H3/t11?,13?,14-/m0/s1. The van der Waals surface area contributed by atoms with Crippen molar-refractivity contribution in [3.63, 3.8) is 0 Å². The molecule has 0 aromatic carbocycles. The fraction of sp³-hybridized carbons (Fsp3) is 0.643. The van der Waals surface area contributed by atoms with Gasteiger partial charge in [0, 0.05) is 17.5 Å². The molecule has 1 fully saturated rings. The van der Waals surface area contributed by atoms with Crippen molar-refractivity contribution >= 4 is 0 Å². The first-order valence-electron chi connectivity index (χ1n) is 6.33. The Morgan fingerprint density at radius 2 is 2.31 bits per heavy atom. The lowest BCUT2D eigenvalue weighted by Gasteiger charge is -2.25. The third-order valence-corrected chi connectivity index (χ3v) is 4.01. The fourth-order valence-corrected chi connectivity index (χ4v) is 3.03. The van der Waals surface area contributed by atoms with Crippen LogP contribution in [0.4, 0.5) is 0 Å². The molecule has 1 heterocycles. The zero-order chi connectivity index (χ0) is 11.5. The van der Waals surface area contributed by atoms with Gasteiger partial charge in [-0.2, -0.15) is 0 Å². The summed E-state index contributed by atoms with van der Waals surface area (Å²) in [4.78, 5) is 4.26. The first-order valence-corrected chi connectivity index (χ1v) is 6.33. The van der Waals surface area contributed by atoms with Gasteiger partial charge in [0.15, 0.2) is 0 Å². The maximum atomic E-state index is 10.5. The minimum atomic E-state index is -0.318. The Labute approximate surface area is 97.7 Å². The maximum absolute atomic E-state index is 10.5. The van der Waals surface area contributed by atoms with Gasteiger partial charge in [-0.05, 0) is 31.2 Å². The summed E-state index contributed by atoms with van der Waals surface area (Å²) in [5.41, 5.74) is 1.99. The van der Waals surface area contributed by atoms with Gasteiger partial charge in [-0.1, -0.05) is 32.3 Å². The van der Waals surface area contributed by atoms with Gasteiger partial charge in [0.25, 0.3) is 0 Å². The fourth-order valence-electron chi connectivity index (χ4n) is 3.03. The highest BCUT2D eigenvalue weighted by molar-refractivity contribution is 5.22. The van der Waals surface area contributed by atoms with Crippen LogP contribution in [-0.2, 0) is 0 Å². The molecule has 2 nitrogen and oxygen atoms in total. The van der Waals surface area contributed by atoms with Crippen molar-refractivity contribution in [1.82, 2.24) is 4.98 Å². The largest absolute Gasteiger partial charge is 0.388 e. The van der Waals surface area contributed by atoms with Crippen LogP contribution in [0, 0.1) is 18.8 Å². The summed E-state index contributed by atoms with van der Waals surface area (Å²) in [6, 6.07) is 3.93. The van der Waals surface area contributed by atoms with Crippen LogP contribution in [0.1, 0.15) is 50.0 Å². The summed E-state index contributed by atoms with van der Waals surface area (Å²) >= 11 is 0. The average molecular weight is 219 g/mol. The monoisotopic (exact) mass is 219 g/mol. The van der Waals surface area contributed by atoms with E-state index in [4.69, 9.17) is 0 Å². The molecule has 1 saturated carbocycles. The van der Waals surface area contributed by atoms with Crippen LogP contribution in [0.2, 0.25) is 0 Å². The molecule has 0 amide bonds. The van der Waals surface area contributed by atoms with Crippen LogP contribution in [0.3, 0.4) is 0 Å². The Bertz CT molecular complexity index is 350. The lowest BCUT2D eigenvalue weighted by atomic mass is 9.85. The van der Waals surface area contributed by atoms with Crippen molar-refractivity contribution in [2.24, 2.45) is 11.8 Å². The van der Waals surface area contributed by atoms with Crippen LogP contribution in [0.25, 0.3) is 0 Å². The topological polar surface area (TPSA) is 33.1 Å². The van der Waals surface area contributed by atoms with Crippen LogP contribution in [-0.4, -0.2) is 10.1 Å². The van der Waals surface area contributed by atoms with Crippen molar-refractivity contribution in [3.8, 4) is 0 Å². The summed E-state index contributed by atoms with van der Waals surface area (Å²) in [6.45, 7) is 4.21. The number of rotatable bonds is 3. The van der Waals surface area contributed by atoms with E-state index in [2.05, 4.69) is 11.9 Å². The minimum Gasteiger partial charge on any atom is -0.388 e. The molecular weight excluding hydrogens is 198 g/mol. The van der Waals surface area contributed by atoms with Crippen LogP contribution < -0.4 is 0 Å². The summed E-state index contributed by atoms with van der Waals surface area (Å²) in [5, 5.41) is 10.5. The molecule has 0 saturated heterocycles. The molecule has 0 radical (unpaired) electrons. The Morgan fingerprint density at radius 1 is 1.50 bits per heavy atom. The highest BCUT2D eigenvalue weighted by atomic mass is 16.3. The highest BCUT2D eigenvalue weighted by Gasteiger charge is 2.32. The van der Waals surface area contributed by atoms with Crippen LogP contribution in [0.5, 0.6) is 0 Å². The number of aryl methyl sites for hydroxylation is 1. The number of aromatic nitrogens is 1. The molecule has 0 spiro atoms. The van der Waals surface area contributed by atoms with Gasteiger partial charge >= 0.3 is 0 Å². The van der Waals surface area contributed by atoms with E-state index in [-0.39, 0.29) is 6.10 Å². The second-order valence-electron chi connectivity index (χ2n) is 4.89. The van der Waals surface area contributed by atoms with Gasteiger partial charge in [0.05, 0.1) is 6.10 Å². The second kappa shape index (κ2) is 4.96. The minimum absolute atomic E-state index is 0.318. The zero-order valence-corrected chi connectivity index (χ0v) is 10.2. The van der Waals surface area contributed by atoms with E-state index in [1.165, 1.54) is 19.3 Å². The number of hydrogen-bond donors (Lipinski definition) is 1. The quantitative estimate of drug-likeness (QED) is 0.846. The molecule has 0 aliphatic heterocycles. The summed E-state index contributed by atoms with van der Waals surface area (Å²) in [6.07, 6.45) is 6.35. The Morgan fingerprint density at radius 3 is 3.00 bits per heavy atom. The molecule has 16 heavy (non-hydrogen) atoms. The lowest BCUT2D eigenvalue weighted by Crippen LogP contribution is -2.17. The summed E-state index contributed by atoms with van der Waals surface area (Å²) in [5.74, 6) is 1.13. The predicted octanol–water partition coefficient (Wildman–Crippen LogP) is 3.25. The van der Waals surface area contributed by atoms with Gasteiger partial charge in [0.1, 0.15) is 0 Å². The average Bonchev–Trinajstić information content (AvgIpc) is 2.77. The molecule has 1 aliphatic carbocycles. The third kappa shape index (κ3) is 2.12. The lowest BCUT2D eigenvalue weighted by molar-refractivity contribution is 0.0834. The Hall–Kier alpha value is -0.890. The van der Waals surface area contributed by atoms with E-state index in [0.29, 0.717) is 11.8 Å². The van der Waals surface area contributed by atoms with E-state index in [0.717, 1.165) is 17.7 Å². The molecule has 88 valence electrons. The molecule has 2 rings (SSSR count). The maximum Gasteiger partial charge on any atom is 0.0838 e. The molecule has 1 N–H and O–H groups in total. The van der Waals surface area contributed by atoms with E-state index in [1.54, 1.807) is 6.20 Å². The molecule has 0 bridgehead atoms. The number of hydrogen-bond acceptors (Lipinski definition) is 2. The summed E-state index contributed by atoms with van der Waals surface area (Å²) < 4.78 is 0. The number of aliphatic hydroxyl groups is 1. The molecule has 1 aromatic heterocycles. The van der Waals surface area contributed by atoms with Crippen molar-refractivity contribution < 1.29 is 5.11 Å². The van der Waals surface area contributed by atoms with Gasteiger partial charge in [-0.15, -0.1) is 0 Å². The second-order valence-corrected chi connectivity index (χ2v) is 4.89. The van der Waals surface area contributed by atoms with Crippen molar-refractivity contribution in [3.05, 3.63) is 29.6 Å². The van der Waals surface area contributed by atoms with E-state index in [9.17, 15) is 5.11 Å². The number of nitrogens with zero attached hydrogens (tertiary/aromatic N) is 1. The SMILES string of the molecule is CCC1CCCC1[C@@H](O)c1cccnc1C. The van der Waals surface area contributed by atoms with Crippen molar-refractivity contribution in [1.29, 1.82) is 0 Å². The van der Waals surface area contributed by atoms with Crippen molar-refractivity contribution in [2.45, 2.75) is 45.6 Å². The van der Waals surface area contributed by atoms with Gasteiger partial charge < -0.3 is 5.11 Å². The van der Waals surface area contributed by atoms with Gasteiger partial charge in [0.2, 0.25) is 0 Å². The molecular formula is C14H21NO. The molecule has 2 heteroatoms. The van der Waals surface area contributed by atoms with Crippen LogP contribution >= 0.6 is 0 Å². The van der Waals surface area contributed by atoms with E-state index >= 15 is 0 Å². The van der Waals surface area contributed by atoms with Crippen LogP contribution in [0.15, 0.2) is 18.3 Å². The Kier molecular flexibility index (Phi) is 3.59. The van der Waals surface area contributed by atoms with Gasteiger partial charge in [-0.25, -0.2) is 0 Å². The van der Waals surface area contributed by atoms with E-state index < -0.39 is 0 Å². The first-order chi connectivity index (χ1) is 7.74. The normalized spacial score (nSPS) is 26.9. The molecule has 3 atom stereocenters. The third-order valence-electron chi connectivity index (χ3n) is 4.01. The first kappa shape index (κ1) is 11.6. The molecule has 1 aliphatic rings. The predicted molar refractivity (Wildman–Crippen MR) is 65.1 cm³/mol. The number of pyridine rings is 1.